The van der Waals surface area contributed by atoms with Crippen molar-refractivity contribution in [3.8, 4) is 0 Å². The molecule has 1 rings (SSSR count). The molecule has 17 heavy (non-hydrogen) atoms. The van der Waals surface area contributed by atoms with Crippen LogP contribution in [0.1, 0.15) is 27.7 Å². The van der Waals surface area contributed by atoms with Crippen LogP contribution < -0.4 is 5.32 Å². The molecule has 1 aromatic carbocycles. The predicted molar refractivity (Wildman–Crippen MR) is 70.2 cm³/mol. The number of nitrogens with zero attached hydrogens (tertiary/aromatic N) is 1. The number of hydrogen-bond acceptors (Lipinski definition) is 3. The Bertz CT molecular complexity index is 397. The second-order valence-corrected chi connectivity index (χ2v) is 5.42. The zero-order chi connectivity index (χ0) is 13.1. The van der Waals surface area contributed by atoms with E-state index >= 15 is 0 Å². The number of anilines is 1. The number of nitrogens with one attached hydrogen (secondary N) is 1. The van der Waals surface area contributed by atoms with Gasteiger partial charge in [-0.1, -0.05) is 39.8 Å². The lowest BCUT2D eigenvalue weighted by atomic mass is 9.82. The minimum atomic E-state index is -0.357. The zero-order valence-corrected chi connectivity index (χ0v) is 10.9. The maximum atomic E-state index is 10.8. The highest BCUT2D eigenvalue weighted by molar-refractivity contribution is 5.61. The summed E-state index contributed by atoms with van der Waals surface area (Å²) in [6, 6.07) is 6.74. The van der Waals surface area contributed by atoms with E-state index in [0.717, 1.165) is 6.54 Å². The van der Waals surface area contributed by atoms with Crippen molar-refractivity contribution in [1.29, 1.82) is 0 Å². The van der Waals surface area contributed by atoms with Gasteiger partial charge in [-0.25, -0.2) is 0 Å². The molecule has 0 aliphatic heterocycles. The Morgan fingerprint density at radius 3 is 2.47 bits per heavy atom. The van der Waals surface area contributed by atoms with Gasteiger partial charge in [0, 0.05) is 12.6 Å². The third kappa shape index (κ3) is 3.73. The molecule has 1 unspecified atom stereocenters. The van der Waals surface area contributed by atoms with Gasteiger partial charge >= 0.3 is 0 Å². The van der Waals surface area contributed by atoms with Gasteiger partial charge in [0.1, 0.15) is 5.69 Å². The van der Waals surface area contributed by atoms with Crippen LogP contribution >= 0.6 is 0 Å². The number of nitro benzene ring substituents is 1. The average Bonchev–Trinajstić information content (AvgIpc) is 2.24. The summed E-state index contributed by atoms with van der Waals surface area (Å²) >= 11 is 0. The van der Waals surface area contributed by atoms with Gasteiger partial charge < -0.3 is 5.32 Å². The molecule has 1 N–H and O–H groups in total. The first kappa shape index (κ1) is 13.5. The summed E-state index contributed by atoms with van der Waals surface area (Å²) in [5, 5.41) is 14.0. The van der Waals surface area contributed by atoms with Crippen LogP contribution in [-0.4, -0.2) is 11.5 Å². The van der Waals surface area contributed by atoms with E-state index in [1.165, 1.54) is 6.07 Å². The Labute approximate surface area is 102 Å². The smallest absolute Gasteiger partial charge is 0.292 e. The van der Waals surface area contributed by atoms with Gasteiger partial charge in [0.2, 0.25) is 0 Å². The van der Waals surface area contributed by atoms with Crippen molar-refractivity contribution in [2.75, 3.05) is 11.9 Å². The molecule has 94 valence electrons. The van der Waals surface area contributed by atoms with Crippen molar-refractivity contribution in [3.05, 3.63) is 34.4 Å². The van der Waals surface area contributed by atoms with E-state index in [-0.39, 0.29) is 16.0 Å². The molecule has 0 radical (unpaired) electrons. The predicted octanol–water partition coefficient (Wildman–Crippen LogP) is 3.69. The van der Waals surface area contributed by atoms with Crippen molar-refractivity contribution in [1.82, 2.24) is 0 Å². The Morgan fingerprint density at radius 1 is 1.35 bits per heavy atom. The fourth-order valence-electron chi connectivity index (χ4n) is 1.35. The Morgan fingerprint density at radius 2 is 1.94 bits per heavy atom. The Hall–Kier alpha value is -1.58. The lowest BCUT2D eigenvalue weighted by Crippen LogP contribution is -2.25. The molecule has 0 saturated carbocycles. The van der Waals surface area contributed by atoms with E-state index < -0.39 is 0 Å². The van der Waals surface area contributed by atoms with Crippen LogP contribution in [0.5, 0.6) is 0 Å². The second-order valence-electron chi connectivity index (χ2n) is 5.42. The zero-order valence-electron chi connectivity index (χ0n) is 10.9. The first-order valence-electron chi connectivity index (χ1n) is 5.79. The van der Waals surface area contributed by atoms with E-state index in [0.29, 0.717) is 11.6 Å². The van der Waals surface area contributed by atoms with Crippen molar-refractivity contribution in [2.24, 2.45) is 11.3 Å². The molecule has 0 heterocycles. The maximum Gasteiger partial charge on any atom is 0.292 e. The largest absolute Gasteiger partial charge is 0.379 e. The molecule has 0 amide bonds. The summed E-state index contributed by atoms with van der Waals surface area (Å²) in [6.07, 6.45) is 0. The SMILES string of the molecule is CC(CNc1ccccc1[N+](=O)[O-])C(C)(C)C. The highest BCUT2D eigenvalue weighted by Gasteiger charge is 2.20. The molecule has 4 heteroatoms. The van der Waals surface area contributed by atoms with Gasteiger partial charge in [0.25, 0.3) is 5.69 Å². The quantitative estimate of drug-likeness (QED) is 0.640. The number of hydrogen-bond donors (Lipinski definition) is 1. The van der Waals surface area contributed by atoms with Gasteiger partial charge in [-0.3, -0.25) is 10.1 Å². The summed E-state index contributed by atoms with van der Waals surface area (Å²) in [5.41, 5.74) is 0.915. The summed E-state index contributed by atoms with van der Waals surface area (Å²) < 4.78 is 0. The van der Waals surface area contributed by atoms with E-state index in [2.05, 4.69) is 33.0 Å². The standard InChI is InChI=1S/C13H20N2O2/c1-10(13(2,3)4)9-14-11-7-5-6-8-12(11)15(16)17/h5-8,10,14H,9H2,1-4H3. The fraction of sp³-hybridized carbons (Fsp3) is 0.538. The Kier molecular flexibility index (Phi) is 4.10. The normalized spacial score (nSPS) is 13.2. The molecular formula is C13H20N2O2. The monoisotopic (exact) mass is 236 g/mol. The molecule has 0 aromatic heterocycles. The van der Waals surface area contributed by atoms with Crippen LogP contribution in [0.4, 0.5) is 11.4 Å². The Balaban J connectivity index is 2.73. The average molecular weight is 236 g/mol. The van der Waals surface area contributed by atoms with E-state index in [9.17, 15) is 10.1 Å². The molecule has 1 atom stereocenters. The number of nitro groups is 1. The molecular weight excluding hydrogens is 216 g/mol. The minimum Gasteiger partial charge on any atom is -0.379 e. The van der Waals surface area contributed by atoms with Gasteiger partial charge in [-0.2, -0.15) is 0 Å². The van der Waals surface area contributed by atoms with E-state index in [1.807, 2.05) is 0 Å². The lowest BCUT2D eigenvalue weighted by Gasteiger charge is -2.27. The minimum absolute atomic E-state index is 0.133. The summed E-state index contributed by atoms with van der Waals surface area (Å²) in [6.45, 7) is 9.37. The van der Waals surface area contributed by atoms with Crippen LogP contribution in [-0.2, 0) is 0 Å². The van der Waals surface area contributed by atoms with Crippen LogP contribution in [0.15, 0.2) is 24.3 Å². The van der Waals surface area contributed by atoms with Crippen molar-refractivity contribution < 1.29 is 4.92 Å². The molecule has 1 aromatic rings. The van der Waals surface area contributed by atoms with E-state index in [4.69, 9.17) is 0 Å². The van der Waals surface area contributed by atoms with Crippen LogP contribution in [0.25, 0.3) is 0 Å². The van der Waals surface area contributed by atoms with Crippen LogP contribution in [0.2, 0.25) is 0 Å². The van der Waals surface area contributed by atoms with Crippen LogP contribution in [0.3, 0.4) is 0 Å². The summed E-state index contributed by atoms with van der Waals surface area (Å²) in [4.78, 5) is 10.5. The lowest BCUT2D eigenvalue weighted by molar-refractivity contribution is -0.384. The molecule has 4 nitrogen and oxygen atoms in total. The van der Waals surface area contributed by atoms with Crippen molar-refractivity contribution >= 4 is 11.4 Å². The van der Waals surface area contributed by atoms with Gasteiger partial charge in [0.15, 0.2) is 0 Å². The molecule has 0 fully saturated rings. The third-order valence-corrected chi connectivity index (χ3v) is 3.18. The van der Waals surface area contributed by atoms with Gasteiger partial charge in [-0.05, 0) is 17.4 Å². The van der Waals surface area contributed by atoms with E-state index in [1.54, 1.807) is 18.2 Å². The highest BCUT2D eigenvalue weighted by Crippen LogP contribution is 2.28. The molecule has 0 spiro atoms. The molecule has 0 bridgehead atoms. The number of benzene rings is 1. The maximum absolute atomic E-state index is 10.8. The third-order valence-electron chi connectivity index (χ3n) is 3.18. The molecule has 0 aliphatic rings. The van der Waals surface area contributed by atoms with Gasteiger partial charge in [-0.15, -0.1) is 0 Å². The fourth-order valence-corrected chi connectivity index (χ4v) is 1.35. The molecule has 0 aliphatic carbocycles. The number of para-hydroxylation sites is 2. The first-order chi connectivity index (χ1) is 7.82. The first-order valence-corrected chi connectivity index (χ1v) is 5.79. The summed E-state index contributed by atoms with van der Waals surface area (Å²) in [7, 11) is 0. The van der Waals surface area contributed by atoms with Gasteiger partial charge in [0.05, 0.1) is 4.92 Å². The molecule has 0 saturated heterocycles. The van der Waals surface area contributed by atoms with Crippen LogP contribution in [0, 0.1) is 21.4 Å². The summed E-state index contributed by atoms with van der Waals surface area (Å²) in [5.74, 6) is 0.433. The van der Waals surface area contributed by atoms with Crippen molar-refractivity contribution in [2.45, 2.75) is 27.7 Å². The van der Waals surface area contributed by atoms with Crippen molar-refractivity contribution in [3.63, 3.8) is 0 Å². The highest BCUT2D eigenvalue weighted by atomic mass is 16.6. The topological polar surface area (TPSA) is 55.2 Å². The second kappa shape index (κ2) is 5.17. The number of rotatable bonds is 4.